The Bertz CT molecular complexity index is 598. The van der Waals surface area contributed by atoms with E-state index < -0.39 is 0 Å². The number of carbonyl (C=O) groups excluding carboxylic acids is 2. The molecule has 0 radical (unpaired) electrons. The molecule has 6 nitrogen and oxygen atoms in total. The van der Waals surface area contributed by atoms with E-state index in [4.69, 9.17) is 4.42 Å². The number of piperidine rings is 1. The zero-order valence-corrected chi connectivity index (χ0v) is 15.3. The minimum atomic E-state index is -0.0446. The van der Waals surface area contributed by atoms with Gasteiger partial charge in [-0.25, -0.2) is 4.79 Å². The van der Waals surface area contributed by atoms with Crippen LogP contribution >= 0.6 is 0 Å². The highest BCUT2D eigenvalue weighted by atomic mass is 16.3. The summed E-state index contributed by atoms with van der Waals surface area (Å²) in [6, 6.07) is 3.91. The van der Waals surface area contributed by atoms with Crippen LogP contribution in [-0.2, 0) is 4.79 Å². The minimum absolute atomic E-state index is 0.0165. The van der Waals surface area contributed by atoms with Gasteiger partial charge in [0.05, 0.1) is 6.26 Å². The third kappa shape index (κ3) is 5.64. The molecule has 3 amide bonds. The normalized spacial score (nSPS) is 19.6. The van der Waals surface area contributed by atoms with Gasteiger partial charge in [-0.1, -0.05) is 19.3 Å². The molecule has 1 aromatic heterocycles. The minimum Gasteiger partial charge on any atom is -0.465 e. The molecule has 1 aliphatic heterocycles. The van der Waals surface area contributed by atoms with Crippen LogP contribution < -0.4 is 10.6 Å². The maximum atomic E-state index is 12.2. The molecule has 3 rings (SSSR count). The van der Waals surface area contributed by atoms with Gasteiger partial charge in [-0.15, -0.1) is 0 Å². The van der Waals surface area contributed by atoms with Gasteiger partial charge < -0.3 is 20.0 Å². The Morgan fingerprint density at radius 3 is 2.62 bits per heavy atom. The van der Waals surface area contributed by atoms with Gasteiger partial charge in [0.2, 0.25) is 5.91 Å². The fourth-order valence-corrected chi connectivity index (χ4v) is 3.72. The first-order valence-electron chi connectivity index (χ1n) is 9.75. The van der Waals surface area contributed by atoms with E-state index in [1.807, 2.05) is 11.0 Å². The van der Waals surface area contributed by atoms with Crippen LogP contribution in [0.15, 0.2) is 28.9 Å². The monoisotopic (exact) mass is 359 g/mol. The molecule has 2 fully saturated rings. The Kier molecular flexibility index (Phi) is 6.75. The number of hydrogen-bond acceptors (Lipinski definition) is 3. The molecule has 0 bridgehead atoms. The summed E-state index contributed by atoms with van der Waals surface area (Å²) in [7, 11) is 0. The summed E-state index contributed by atoms with van der Waals surface area (Å²) in [5.41, 5.74) is 0. The van der Waals surface area contributed by atoms with Gasteiger partial charge in [-0.3, -0.25) is 4.79 Å². The van der Waals surface area contributed by atoms with E-state index in [-0.39, 0.29) is 11.9 Å². The number of nitrogens with one attached hydrogen (secondary N) is 2. The second kappa shape index (κ2) is 9.46. The molecule has 2 heterocycles. The molecule has 0 spiro atoms. The Morgan fingerprint density at radius 2 is 1.92 bits per heavy atom. The van der Waals surface area contributed by atoms with Crippen LogP contribution in [0.4, 0.5) is 4.79 Å². The molecular formula is C20H29N3O3. The number of hydrogen-bond donors (Lipinski definition) is 2. The van der Waals surface area contributed by atoms with Crippen molar-refractivity contribution in [1.29, 1.82) is 0 Å². The first-order chi connectivity index (χ1) is 12.7. The van der Waals surface area contributed by atoms with Crippen LogP contribution in [0.25, 0.3) is 6.08 Å². The third-order valence-corrected chi connectivity index (χ3v) is 5.35. The van der Waals surface area contributed by atoms with Crippen LogP contribution in [0.5, 0.6) is 0 Å². The van der Waals surface area contributed by atoms with Crippen molar-refractivity contribution in [2.45, 2.75) is 51.0 Å². The number of rotatable bonds is 5. The van der Waals surface area contributed by atoms with Gasteiger partial charge in [-0.05, 0) is 49.8 Å². The summed E-state index contributed by atoms with van der Waals surface area (Å²) in [5.74, 6) is 1.13. The molecule has 2 aliphatic rings. The number of amides is 3. The zero-order valence-electron chi connectivity index (χ0n) is 15.3. The van der Waals surface area contributed by atoms with E-state index >= 15 is 0 Å². The highest BCUT2D eigenvalue weighted by Crippen LogP contribution is 2.18. The molecule has 1 saturated heterocycles. The quantitative estimate of drug-likeness (QED) is 0.793. The molecule has 0 atom stereocenters. The predicted molar refractivity (Wildman–Crippen MR) is 100 cm³/mol. The highest BCUT2D eigenvalue weighted by Gasteiger charge is 2.22. The molecule has 26 heavy (non-hydrogen) atoms. The van der Waals surface area contributed by atoms with Crippen LogP contribution in [0.1, 0.15) is 50.7 Å². The van der Waals surface area contributed by atoms with E-state index in [2.05, 4.69) is 10.6 Å². The van der Waals surface area contributed by atoms with Gasteiger partial charge in [0.1, 0.15) is 5.76 Å². The van der Waals surface area contributed by atoms with Crippen LogP contribution in [-0.4, -0.2) is 42.5 Å². The molecule has 0 aromatic carbocycles. The molecule has 1 saturated carbocycles. The number of urea groups is 1. The average Bonchev–Trinajstić information content (AvgIpc) is 3.19. The first-order valence-corrected chi connectivity index (χ1v) is 9.75. The smallest absolute Gasteiger partial charge is 0.315 e. The third-order valence-electron chi connectivity index (χ3n) is 5.35. The zero-order chi connectivity index (χ0) is 18.2. The first kappa shape index (κ1) is 18.5. The Hall–Kier alpha value is -2.24. The van der Waals surface area contributed by atoms with Gasteiger partial charge >= 0.3 is 6.03 Å². The van der Waals surface area contributed by atoms with Crippen molar-refractivity contribution in [2.75, 3.05) is 19.6 Å². The summed E-state index contributed by atoms with van der Waals surface area (Å²) < 4.78 is 5.19. The van der Waals surface area contributed by atoms with Crippen molar-refractivity contribution in [3.8, 4) is 0 Å². The molecule has 1 aliphatic carbocycles. The van der Waals surface area contributed by atoms with Gasteiger partial charge in [0, 0.05) is 31.8 Å². The Morgan fingerprint density at radius 1 is 1.15 bits per heavy atom. The summed E-state index contributed by atoms with van der Waals surface area (Å²) in [4.78, 5) is 26.1. The lowest BCUT2D eigenvalue weighted by atomic mass is 9.95. The van der Waals surface area contributed by atoms with E-state index in [1.54, 1.807) is 24.5 Å². The van der Waals surface area contributed by atoms with Crippen molar-refractivity contribution in [1.82, 2.24) is 15.5 Å². The number of nitrogens with zero attached hydrogens (tertiary/aromatic N) is 1. The Balaban J connectivity index is 1.33. The fraction of sp³-hybridized carbons (Fsp3) is 0.600. The van der Waals surface area contributed by atoms with Crippen LogP contribution in [0.3, 0.4) is 0 Å². The predicted octanol–water partition coefficient (Wildman–Crippen LogP) is 3.16. The maximum Gasteiger partial charge on any atom is 0.315 e. The second-order valence-corrected chi connectivity index (χ2v) is 7.31. The molecular weight excluding hydrogens is 330 g/mol. The number of carbonyl (C=O) groups is 2. The van der Waals surface area contributed by atoms with E-state index in [1.165, 1.54) is 19.3 Å². The highest BCUT2D eigenvalue weighted by molar-refractivity contribution is 5.91. The summed E-state index contributed by atoms with van der Waals surface area (Å²) in [5, 5.41) is 6.09. The van der Waals surface area contributed by atoms with Crippen molar-refractivity contribution in [3.05, 3.63) is 30.2 Å². The maximum absolute atomic E-state index is 12.2. The van der Waals surface area contributed by atoms with Crippen LogP contribution in [0.2, 0.25) is 0 Å². The summed E-state index contributed by atoms with van der Waals surface area (Å²) in [6.45, 7) is 2.15. The number of furan rings is 1. The van der Waals surface area contributed by atoms with E-state index in [0.29, 0.717) is 24.3 Å². The standard InChI is InChI=1S/C20H29N3O3/c24-19(9-8-18-7-4-14-26-18)23-12-10-16(11-13-23)15-21-20(25)22-17-5-2-1-3-6-17/h4,7-9,14,16-17H,1-3,5-6,10-13,15H2,(H2,21,22,25)/b9-8+. The van der Waals surface area contributed by atoms with Crippen molar-refractivity contribution in [2.24, 2.45) is 5.92 Å². The van der Waals surface area contributed by atoms with Gasteiger partial charge in [0.25, 0.3) is 0 Å². The lowest BCUT2D eigenvalue weighted by molar-refractivity contribution is -0.127. The van der Waals surface area contributed by atoms with E-state index in [9.17, 15) is 9.59 Å². The molecule has 2 N–H and O–H groups in total. The largest absolute Gasteiger partial charge is 0.465 e. The SMILES string of the molecule is O=C(NCC1CCN(C(=O)/C=C/c2ccco2)CC1)NC1CCCCC1. The average molecular weight is 359 g/mol. The second-order valence-electron chi connectivity index (χ2n) is 7.31. The van der Waals surface area contributed by atoms with Crippen LogP contribution in [0, 0.1) is 5.92 Å². The summed E-state index contributed by atoms with van der Waals surface area (Å²) in [6.07, 6.45) is 12.6. The van der Waals surface area contributed by atoms with Crippen molar-refractivity contribution < 1.29 is 14.0 Å². The lowest BCUT2D eigenvalue weighted by Gasteiger charge is -2.31. The van der Waals surface area contributed by atoms with Gasteiger partial charge in [-0.2, -0.15) is 0 Å². The molecule has 1 aromatic rings. The fourth-order valence-electron chi connectivity index (χ4n) is 3.72. The topological polar surface area (TPSA) is 74.6 Å². The lowest BCUT2D eigenvalue weighted by Crippen LogP contribution is -2.46. The van der Waals surface area contributed by atoms with E-state index in [0.717, 1.165) is 38.8 Å². The molecule has 0 unspecified atom stereocenters. The number of likely N-dealkylation sites (tertiary alicyclic amines) is 1. The molecule has 142 valence electrons. The van der Waals surface area contributed by atoms with Crippen molar-refractivity contribution in [3.63, 3.8) is 0 Å². The molecule has 6 heteroatoms. The van der Waals surface area contributed by atoms with Crippen molar-refractivity contribution >= 4 is 18.0 Å². The summed E-state index contributed by atoms with van der Waals surface area (Å²) >= 11 is 0. The Labute approximate surface area is 155 Å². The van der Waals surface area contributed by atoms with Gasteiger partial charge in [0.15, 0.2) is 0 Å².